The monoisotopic (exact) mass is 381 g/mol. The molecule has 2 heterocycles. The first-order valence-electron chi connectivity index (χ1n) is 8.87. The average molecular weight is 382 g/mol. The van der Waals surface area contributed by atoms with Crippen LogP contribution in [0.2, 0.25) is 0 Å². The highest BCUT2D eigenvalue weighted by atomic mass is 35.5. The van der Waals surface area contributed by atoms with E-state index in [9.17, 15) is 14.7 Å². The van der Waals surface area contributed by atoms with Crippen LogP contribution in [0.15, 0.2) is 17.1 Å². The Morgan fingerprint density at radius 3 is 2.58 bits per heavy atom. The second kappa shape index (κ2) is 8.98. The highest BCUT2D eigenvalue weighted by Gasteiger charge is 2.16. The van der Waals surface area contributed by atoms with E-state index in [4.69, 9.17) is 5.11 Å². The summed E-state index contributed by atoms with van der Waals surface area (Å²) >= 11 is 0. The van der Waals surface area contributed by atoms with Crippen LogP contribution in [-0.4, -0.2) is 30.8 Å². The van der Waals surface area contributed by atoms with Gasteiger partial charge in [-0.1, -0.05) is 32.1 Å². The molecule has 2 aromatic rings. The molecule has 1 aliphatic carbocycles. The molecular formula is C18H24ClN3O4. The molecule has 1 fully saturated rings. The van der Waals surface area contributed by atoms with Gasteiger partial charge in [-0.3, -0.25) is 14.0 Å². The van der Waals surface area contributed by atoms with E-state index in [1.165, 1.54) is 38.2 Å². The number of rotatable bonds is 6. The van der Waals surface area contributed by atoms with Crippen molar-refractivity contribution in [2.24, 2.45) is 5.92 Å². The Balaban J connectivity index is 0.00000243. The number of carboxylic acids is 1. The Morgan fingerprint density at radius 2 is 1.88 bits per heavy atom. The third kappa shape index (κ3) is 4.52. The van der Waals surface area contributed by atoms with Crippen molar-refractivity contribution in [3.05, 3.63) is 33.5 Å². The summed E-state index contributed by atoms with van der Waals surface area (Å²) in [6, 6.07) is 1.37. The van der Waals surface area contributed by atoms with Crippen LogP contribution >= 0.6 is 12.4 Å². The quantitative estimate of drug-likeness (QED) is 0.795. The largest absolute Gasteiger partial charge is 0.511 e. The lowest BCUT2D eigenvalue weighted by Crippen LogP contribution is -2.29. The first kappa shape index (κ1) is 20.2. The zero-order valence-electron chi connectivity index (χ0n) is 14.6. The number of fused-ring (bicyclic) bond motifs is 1. The van der Waals surface area contributed by atoms with Gasteiger partial charge in [0.1, 0.15) is 16.8 Å². The SMILES string of the molecule is Cl.O=C(O)CCC(O)=c1c(=O)ccn2c(CCC3CCCCC3)nnc12. The highest BCUT2D eigenvalue weighted by Crippen LogP contribution is 2.27. The summed E-state index contributed by atoms with van der Waals surface area (Å²) in [5, 5.41) is 27.2. The van der Waals surface area contributed by atoms with Gasteiger partial charge in [0.15, 0.2) is 11.1 Å². The molecule has 0 radical (unpaired) electrons. The van der Waals surface area contributed by atoms with Gasteiger partial charge in [-0.15, -0.1) is 22.6 Å². The van der Waals surface area contributed by atoms with Gasteiger partial charge in [-0.2, -0.15) is 0 Å². The maximum atomic E-state index is 12.1. The summed E-state index contributed by atoms with van der Waals surface area (Å²) in [7, 11) is 0. The fourth-order valence-corrected chi connectivity index (χ4v) is 3.59. The zero-order chi connectivity index (χ0) is 17.8. The van der Waals surface area contributed by atoms with E-state index in [1.807, 2.05) is 0 Å². The van der Waals surface area contributed by atoms with Crippen LogP contribution in [0.4, 0.5) is 0 Å². The molecule has 26 heavy (non-hydrogen) atoms. The van der Waals surface area contributed by atoms with Crippen molar-refractivity contribution in [2.45, 2.75) is 57.8 Å². The molecule has 3 rings (SSSR count). The van der Waals surface area contributed by atoms with Crippen LogP contribution in [0.5, 0.6) is 0 Å². The minimum atomic E-state index is -1.03. The number of carboxylic acid groups (broad SMARTS) is 1. The van der Waals surface area contributed by atoms with Crippen molar-refractivity contribution < 1.29 is 15.0 Å². The van der Waals surface area contributed by atoms with Gasteiger partial charge in [0, 0.05) is 25.1 Å². The summed E-state index contributed by atoms with van der Waals surface area (Å²) in [5.41, 5.74) is -0.0735. The van der Waals surface area contributed by atoms with Gasteiger partial charge >= 0.3 is 5.97 Å². The van der Waals surface area contributed by atoms with Crippen molar-refractivity contribution in [3.8, 4) is 0 Å². The number of aliphatic carboxylic acids is 1. The Kier molecular flexibility index (Phi) is 6.97. The Bertz CT molecular complexity index is 874. The van der Waals surface area contributed by atoms with Gasteiger partial charge in [0.25, 0.3) is 0 Å². The molecule has 1 aliphatic rings. The molecule has 1 saturated carbocycles. The summed E-state index contributed by atoms with van der Waals surface area (Å²) in [6.45, 7) is 0. The smallest absolute Gasteiger partial charge is 0.303 e. The summed E-state index contributed by atoms with van der Waals surface area (Å²) in [5.74, 6) is 0.215. The van der Waals surface area contributed by atoms with Crippen LogP contribution in [-0.2, 0) is 11.2 Å². The lowest BCUT2D eigenvalue weighted by molar-refractivity contribution is -0.136. The van der Waals surface area contributed by atoms with E-state index in [0.29, 0.717) is 5.65 Å². The van der Waals surface area contributed by atoms with E-state index in [1.54, 1.807) is 10.6 Å². The molecule has 2 aromatic heterocycles. The number of aryl methyl sites for hydroxylation is 1. The molecule has 2 N–H and O–H groups in total. The molecule has 0 amide bonds. The number of halogens is 1. The van der Waals surface area contributed by atoms with Gasteiger partial charge in [0.05, 0.1) is 6.42 Å². The Morgan fingerprint density at radius 1 is 1.15 bits per heavy atom. The molecule has 0 saturated heterocycles. The number of nitrogens with zero attached hydrogens (tertiary/aromatic N) is 3. The fraction of sp³-hybridized carbons (Fsp3) is 0.556. The normalized spacial score (nSPS) is 16.3. The van der Waals surface area contributed by atoms with Crippen molar-refractivity contribution in [3.63, 3.8) is 0 Å². The molecule has 0 aromatic carbocycles. The first-order chi connectivity index (χ1) is 12.1. The Labute approximate surface area is 157 Å². The molecule has 0 spiro atoms. The summed E-state index contributed by atoms with van der Waals surface area (Å²) in [6.07, 6.45) is 9.54. The molecule has 0 aliphatic heterocycles. The van der Waals surface area contributed by atoms with E-state index in [2.05, 4.69) is 10.2 Å². The highest BCUT2D eigenvalue weighted by molar-refractivity contribution is 5.85. The minimum Gasteiger partial charge on any atom is -0.511 e. The van der Waals surface area contributed by atoms with Crippen LogP contribution in [0, 0.1) is 5.92 Å². The predicted octanol–water partition coefficient (Wildman–Crippen LogP) is 2.27. The van der Waals surface area contributed by atoms with Crippen molar-refractivity contribution in [1.29, 1.82) is 0 Å². The number of aliphatic hydroxyl groups is 1. The zero-order valence-corrected chi connectivity index (χ0v) is 15.4. The van der Waals surface area contributed by atoms with E-state index >= 15 is 0 Å². The summed E-state index contributed by atoms with van der Waals surface area (Å²) < 4.78 is 1.73. The van der Waals surface area contributed by atoms with Crippen LogP contribution < -0.4 is 10.6 Å². The second-order valence-electron chi connectivity index (χ2n) is 6.75. The fourth-order valence-electron chi connectivity index (χ4n) is 3.59. The van der Waals surface area contributed by atoms with E-state index in [-0.39, 0.29) is 41.7 Å². The van der Waals surface area contributed by atoms with Gasteiger partial charge < -0.3 is 10.2 Å². The number of hydrogen-bond acceptors (Lipinski definition) is 5. The Hall–Kier alpha value is -2.15. The average Bonchev–Trinajstić information content (AvgIpc) is 3.01. The van der Waals surface area contributed by atoms with Crippen molar-refractivity contribution in [2.75, 3.05) is 0 Å². The molecular weight excluding hydrogens is 358 g/mol. The van der Waals surface area contributed by atoms with E-state index in [0.717, 1.165) is 24.6 Å². The number of hydrogen-bond donors (Lipinski definition) is 2. The number of pyridine rings is 1. The van der Waals surface area contributed by atoms with Crippen molar-refractivity contribution >= 4 is 29.8 Å². The van der Waals surface area contributed by atoms with Crippen molar-refractivity contribution in [1.82, 2.24) is 14.6 Å². The van der Waals surface area contributed by atoms with E-state index < -0.39 is 5.97 Å². The van der Waals surface area contributed by atoms with Crippen LogP contribution in [0.1, 0.15) is 57.2 Å². The molecule has 0 unspecified atom stereocenters. The third-order valence-electron chi connectivity index (χ3n) is 4.98. The first-order valence-corrected chi connectivity index (χ1v) is 8.87. The van der Waals surface area contributed by atoms with Crippen LogP contribution in [0.3, 0.4) is 0 Å². The predicted molar refractivity (Wildman–Crippen MR) is 99.5 cm³/mol. The lowest BCUT2D eigenvalue weighted by Gasteiger charge is -2.20. The topological polar surface area (TPSA) is 105 Å². The minimum absolute atomic E-state index is 0. The number of aliphatic hydroxyl groups excluding tert-OH is 1. The van der Waals surface area contributed by atoms with Crippen LogP contribution in [0.25, 0.3) is 11.4 Å². The molecule has 142 valence electrons. The lowest BCUT2D eigenvalue weighted by atomic mass is 9.86. The molecule has 8 heteroatoms. The molecule has 0 atom stereocenters. The van der Waals surface area contributed by atoms with Gasteiger partial charge in [-0.05, 0) is 12.3 Å². The standard InChI is InChI=1S/C18H23N3O4.ClH/c22-13(7-9-16(24)25)17-14(23)10-11-21-15(19-20-18(17)21)8-6-12-4-2-1-3-5-12;/h10-12,22H,1-9H2,(H,24,25);1H. The molecule has 0 bridgehead atoms. The van der Waals surface area contributed by atoms with Gasteiger partial charge in [-0.25, -0.2) is 0 Å². The second-order valence-corrected chi connectivity index (χ2v) is 6.75. The third-order valence-corrected chi connectivity index (χ3v) is 4.98. The van der Waals surface area contributed by atoms with Gasteiger partial charge in [0.2, 0.25) is 0 Å². The molecule has 7 nitrogen and oxygen atoms in total. The number of aromatic nitrogens is 3. The maximum Gasteiger partial charge on any atom is 0.303 e. The maximum absolute atomic E-state index is 12.1. The number of carbonyl (C=O) groups is 1. The summed E-state index contributed by atoms with van der Waals surface area (Å²) in [4.78, 5) is 22.8.